The SMILES string of the molecule is CC(=CCCC=O)CC=CC(C)C. The Morgan fingerprint density at radius 2 is 2.00 bits per heavy atom. The third kappa shape index (κ3) is 9.06. The molecule has 0 heterocycles. The van der Waals surface area contributed by atoms with Gasteiger partial charge in [-0.25, -0.2) is 0 Å². The molecule has 0 saturated carbocycles. The molecule has 1 heteroatoms. The first-order valence-corrected chi connectivity index (χ1v) is 4.92. The monoisotopic (exact) mass is 180 g/mol. The lowest BCUT2D eigenvalue weighted by Crippen LogP contribution is -1.79. The molecule has 74 valence electrons. The van der Waals surface area contributed by atoms with Crippen LogP contribution in [0.5, 0.6) is 0 Å². The number of rotatable bonds is 6. The zero-order valence-electron chi connectivity index (χ0n) is 8.92. The maximum Gasteiger partial charge on any atom is 0.120 e. The fourth-order valence-corrected chi connectivity index (χ4v) is 1.01. The normalized spacial score (nSPS) is 12.8. The first-order valence-electron chi connectivity index (χ1n) is 4.92. The topological polar surface area (TPSA) is 17.1 Å². The first-order chi connectivity index (χ1) is 6.16. The largest absolute Gasteiger partial charge is 0.303 e. The van der Waals surface area contributed by atoms with E-state index in [1.165, 1.54) is 5.57 Å². The second-order valence-corrected chi connectivity index (χ2v) is 3.67. The second kappa shape index (κ2) is 7.78. The third-order valence-electron chi connectivity index (χ3n) is 1.74. The molecule has 0 unspecified atom stereocenters. The van der Waals surface area contributed by atoms with Crippen molar-refractivity contribution in [1.29, 1.82) is 0 Å². The summed E-state index contributed by atoms with van der Waals surface area (Å²) >= 11 is 0. The molecule has 0 atom stereocenters. The van der Waals surface area contributed by atoms with Crippen LogP contribution >= 0.6 is 0 Å². The summed E-state index contributed by atoms with van der Waals surface area (Å²) in [6, 6.07) is 0. The Labute approximate surface area is 81.5 Å². The number of carbonyl (C=O) groups excluding carboxylic acids is 1. The zero-order valence-corrected chi connectivity index (χ0v) is 8.92. The van der Waals surface area contributed by atoms with E-state index in [1.54, 1.807) is 0 Å². The van der Waals surface area contributed by atoms with E-state index >= 15 is 0 Å². The van der Waals surface area contributed by atoms with E-state index in [4.69, 9.17) is 0 Å². The van der Waals surface area contributed by atoms with Crippen molar-refractivity contribution in [3.63, 3.8) is 0 Å². The molecule has 0 rings (SSSR count). The number of hydrogen-bond donors (Lipinski definition) is 0. The maximum absolute atomic E-state index is 10.0. The number of carbonyl (C=O) groups is 1. The molecule has 0 N–H and O–H groups in total. The molecule has 0 aliphatic heterocycles. The molecule has 0 fully saturated rings. The second-order valence-electron chi connectivity index (χ2n) is 3.67. The standard InChI is InChI=1S/C12H20O/c1-11(2)7-6-9-12(3)8-4-5-10-13/h6-8,10-11H,4-5,9H2,1-3H3. The van der Waals surface area contributed by atoms with Gasteiger partial charge in [-0.1, -0.05) is 37.6 Å². The molecule has 0 aromatic heterocycles. The lowest BCUT2D eigenvalue weighted by molar-refractivity contribution is -0.107. The molecule has 0 aromatic carbocycles. The van der Waals surface area contributed by atoms with Crippen molar-refractivity contribution in [2.75, 3.05) is 0 Å². The Bertz CT molecular complexity index is 187. The third-order valence-corrected chi connectivity index (χ3v) is 1.74. The number of allylic oxidation sites excluding steroid dienone is 4. The van der Waals surface area contributed by atoms with E-state index in [0.29, 0.717) is 12.3 Å². The van der Waals surface area contributed by atoms with Gasteiger partial charge in [-0.05, 0) is 25.7 Å². The van der Waals surface area contributed by atoms with Crippen LogP contribution in [-0.2, 0) is 4.79 Å². The van der Waals surface area contributed by atoms with Gasteiger partial charge in [0.05, 0.1) is 0 Å². The van der Waals surface area contributed by atoms with Gasteiger partial charge in [-0.15, -0.1) is 0 Å². The summed E-state index contributed by atoms with van der Waals surface area (Å²) in [5.41, 5.74) is 1.35. The molecule has 0 aliphatic rings. The zero-order chi connectivity index (χ0) is 10.1. The molecule has 0 saturated heterocycles. The van der Waals surface area contributed by atoms with Crippen molar-refractivity contribution in [3.8, 4) is 0 Å². The summed E-state index contributed by atoms with van der Waals surface area (Å²) in [6.07, 6.45) is 10.0. The molecule has 0 amide bonds. The van der Waals surface area contributed by atoms with E-state index in [-0.39, 0.29) is 0 Å². The van der Waals surface area contributed by atoms with Crippen LogP contribution in [0.2, 0.25) is 0 Å². The first kappa shape index (κ1) is 12.2. The molecule has 0 aliphatic carbocycles. The molecule has 0 radical (unpaired) electrons. The summed E-state index contributed by atoms with van der Waals surface area (Å²) in [5.74, 6) is 0.628. The fraction of sp³-hybridized carbons (Fsp3) is 0.583. The van der Waals surface area contributed by atoms with E-state index in [1.807, 2.05) is 0 Å². The highest BCUT2D eigenvalue weighted by atomic mass is 16.1. The van der Waals surface area contributed by atoms with Gasteiger partial charge in [0.15, 0.2) is 0 Å². The van der Waals surface area contributed by atoms with Gasteiger partial charge >= 0.3 is 0 Å². The van der Waals surface area contributed by atoms with E-state index in [0.717, 1.165) is 19.1 Å². The quantitative estimate of drug-likeness (QED) is 0.347. The highest BCUT2D eigenvalue weighted by molar-refractivity contribution is 5.49. The average molecular weight is 180 g/mol. The van der Waals surface area contributed by atoms with E-state index in [9.17, 15) is 4.79 Å². The van der Waals surface area contributed by atoms with Crippen LogP contribution in [-0.4, -0.2) is 6.29 Å². The van der Waals surface area contributed by atoms with Crippen molar-refractivity contribution in [3.05, 3.63) is 23.8 Å². The van der Waals surface area contributed by atoms with Gasteiger partial charge in [0.25, 0.3) is 0 Å². The molecule has 0 aromatic rings. The van der Waals surface area contributed by atoms with Gasteiger partial charge in [0.2, 0.25) is 0 Å². The van der Waals surface area contributed by atoms with Crippen molar-refractivity contribution >= 4 is 6.29 Å². The van der Waals surface area contributed by atoms with Gasteiger partial charge in [0.1, 0.15) is 6.29 Å². The molecule has 1 nitrogen and oxygen atoms in total. The van der Waals surface area contributed by atoms with Gasteiger partial charge in [-0.2, -0.15) is 0 Å². The predicted molar refractivity (Wildman–Crippen MR) is 57.7 cm³/mol. The molecule has 0 spiro atoms. The van der Waals surface area contributed by atoms with Crippen molar-refractivity contribution in [1.82, 2.24) is 0 Å². The van der Waals surface area contributed by atoms with Crippen molar-refractivity contribution < 1.29 is 4.79 Å². The van der Waals surface area contributed by atoms with E-state index < -0.39 is 0 Å². The number of hydrogen-bond acceptors (Lipinski definition) is 1. The maximum atomic E-state index is 10.0. The minimum Gasteiger partial charge on any atom is -0.303 e. The van der Waals surface area contributed by atoms with Crippen LogP contribution in [0.15, 0.2) is 23.8 Å². The van der Waals surface area contributed by atoms with Crippen molar-refractivity contribution in [2.24, 2.45) is 5.92 Å². The molecule has 0 bridgehead atoms. The Hall–Kier alpha value is -0.850. The van der Waals surface area contributed by atoms with Crippen LogP contribution in [0.25, 0.3) is 0 Å². The molecule has 13 heavy (non-hydrogen) atoms. The Kier molecular flexibility index (Phi) is 7.27. The van der Waals surface area contributed by atoms with Crippen LogP contribution in [0.4, 0.5) is 0 Å². The lowest BCUT2D eigenvalue weighted by atomic mass is 10.1. The fourth-order valence-electron chi connectivity index (χ4n) is 1.01. The van der Waals surface area contributed by atoms with Gasteiger partial charge < -0.3 is 4.79 Å². The minimum atomic E-state index is 0.628. The lowest BCUT2D eigenvalue weighted by Gasteiger charge is -1.96. The Balaban J connectivity index is 3.66. The smallest absolute Gasteiger partial charge is 0.120 e. The van der Waals surface area contributed by atoms with Gasteiger partial charge in [0, 0.05) is 6.42 Å². The highest BCUT2D eigenvalue weighted by Gasteiger charge is 1.87. The van der Waals surface area contributed by atoms with Crippen LogP contribution in [0.1, 0.15) is 40.0 Å². The number of unbranched alkanes of at least 4 members (excludes halogenated alkanes) is 1. The summed E-state index contributed by atoms with van der Waals surface area (Å²) in [7, 11) is 0. The van der Waals surface area contributed by atoms with Crippen LogP contribution in [0, 0.1) is 5.92 Å². The summed E-state index contributed by atoms with van der Waals surface area (Å²) in [6.45, 7) is 6.44. The highest BCUT2D eigenvalue weighted by Crippen LogP contribution is 2.05. The average Bonchev–Trinajstić information content (AvgIpc) is 2.04. The summed E-state index contributed by atoms with van der Waals surface area (Å²) in [4.78, 5) is 10.0. The predicted octanol–water partition coefficient (Wildman–Crippen LogP) is 3.51. The summed E-state index contributed by atoms with van der Waals surface area (Å²) in [5, 5.41) is 0. The molecular weight excluding hydrogens is 160 g/mol. The number of aldehydes is 1. The van der Waals surface area contributed by atoms with Gasteiger partial charge in [-0.3, -0.25) is 0 Å². The minimum absolute atomic E-state index is 0.628. The molecular formula is C12H20O. The van der Waals surface area contributed by atoms with Crippen molar-refractivity contribution in [2.45, 2.75) is 40.0 Å². The Morgan fingerprint density at radius 1 is 1.31 bits per heavy atom. The summed E-state index contributed by atoms with van der Waals surface area (Å²) < 4.78 is 0. The Morgan fingerprint density at radius 3 is 2.54 bits per heavy atom. The van der Waals surface area contributed by atoms with E-state index in [2.05, 4.69) is 39.0 Å². The van der Waals surface area contributed by atoms with Crippen LogP contribution in [0.3, 0.4) is 0 Å². The van der Waals surface area contributed by atoms with Crippen LogP contribution < -0.4 is 0 Å².